The van der Waals surface area contributed by atoms with Gasteiger partial charge < -0.3 is 14.4 Å². The molecule has 0 unspecified atom stereocenters. The third-order valence-electron chi connectivity index (χ3n) is 6.41. The first-order valence-corrected chi connectivity index (χ1v) is 10.6. The van der Waals surface area contributed by atoms with Crippen LogP contribution in [0.3, 0.4) is 0 Å². The van der Waals surface area contributed by atoms with Gasteiger partial charge in [0, 0.05) is 44.9 Å². The SMILES string of the molecule is COCCN(C[C@H]1CC2(CCN(C(=O)c3cccc(C)c3)CC2)CO1)C(C)C. The lowest BCUT2D eigenvalue weighted by Crippen LogP contribution is -2.44. The largest absolute Gasteiger partial charge is 0.383 e. The van der Waals surface area contributed by atoms with Crippen molar-refractivity contribution in [1.29, 1.82) is 0 Å². The molecule has 1 aromatic rings. The topological polar surface area (TPSA) is 42.0 Å². The normalized spacial score (nSPS) is 21.8. The second-order valence-corrected chi connectivity index (χ2v) is 8.88. The Balaban J connectivity index is 1.52. The Labute approximate surface area is 170 Å². The third kappa shape index (κ3) is 5.13. The summed E-state index contributed by atoms with van der Waals surface area (Å²) < 4.78 is 11.5. The number of hydrogen-bond donors (Lipinski definition) is 0. The van der Waals surface area contributed by atoms with Crippen molar-refractivity contribution in [1.82, 2.24) is 9.80 Å². The Bertz CT molecular complexity index is 653. The first kappa shape index (κ1) is 21.3. The monoisotopic (exact) mass is 388 g/mol. The number of piperidine rings is 1. The smallest absolute Gasteiger partial charge is 0.253 e. The van der Waals surface area contributed by atoms with Gasteiger partial charge in [0.2, 0.25) is 0 Å². The van der Waals surface area contributed by atoms with Gasteiger partial charge in [-0.15, -0.1) is 0 Å². The lowest BCUT2D eigenvalue weighted by molar-refractivity contribution is 0.0366. The average molecular weight is 389 g/mol. The standard InChI is InChI=1S/C23H36N2O3/c1-18(2)25(12-13-27-4)16-21-15-23(17-28-21)8-10-24(11-9-23)22(26)20-7-5-6-19(3)14-20/h5-7,14,18,21H,8-13,15-17H2,1-4H3/t21-/m1/s1. The summed E-state index contributed by atoms with van der Waals surface area (Å²) >= 11 is 0. The van der Waals surface area contributed by atoms with Crippen LogP contribution in [0.5, 0.6) is 0 Å². The van der Waals surface area contributed by atoms with Gasteiger partial charge in [-0.2, -0.15) is 0 Å². The van der Waals surface area contributed by atoms with E-state index in [1.165, 1.54) is 0 Å². The van der Waals surface area contributed by atoms with E-state index in [0.717, 1.165) is 69.8 Å². The zero-order valence-corrected chi connectivity index (χ0v) is 17.9. The van der Waals surface area contributed by atoms with E-state index in [0.29, 0.717) is 12.1 Å². The van der Waals surface area contributed by atoms with Crippen molar-refractivity contribution in [3.63, 3.8) is 0 Å². The molecule has 1 spiro atoms. The summed E-state index contributed by atoms with van der Waals surface area (Å²) in [4.78, 5) is 17.3. The average Bonchev–Trinajstić information content (AvgIpc) is 3.07. The van der Waals surface area contributed by atoms with Gasteiger partial charge in [0.1, 0.15) is 0 Å². The minimum absolute atomic E-state index is 0.166. The molecule has 0 bridgehead atoms. The van der Waals surface area contributed by atoms with Crippen LogP contribution in [0.1, 0.15) is 49.0 Å². The number of benzene rings is 1. The molecule has 1 atom stereocenters. The summed E-state index contributed by atoms with van der Waals surface area (Å²) in [5, 5.41) is 0. The van der Waals surface area contributed by atoms with Crippen molar-refractivity contribution in [2.45, 2.75) is 52.2 Å². The van der Waals surface area contributed by atoms with E-state index in [-0.39, 0.29) is 11.3 Å². The van der Waals surface area contributed by atoms with Crippen molar-refractivity contribution in [3.8, 4) is 0 Å². The lowest BCUT2D eigenvalue weighted by Gasteiger charge is -2.38. The molecule has 0 aromatic heterocycles. The van der Waals surface area contributed by atoms with Crippen LogP contribution in [0.4, 0.5) is 0 Å². The van der Waals surface area contributed by atoms with Crippen molar-refractivity contribution in [2.75, 3.05) is 46.5 Å². The molecule has 0 saturated carbocycles. The van der Waals surface area contributed by atoms with Gasteiger partial charge in [-0.1, -0.05) is 17.7 Å². The quantitative estimate of drug-likeness (QED) is 0.718. The second kappa shape index (κ2) is 9.38. The van der Waals surface area contributed by atoms with Gasteiger partial charge in [0.05, 0.1) is 19.3 Å². The summed E-state index contributed by atoms with van der Waals surface area (Å²) in [6.07, 6.45) is 3.48. The van der Waals surface area contributed by atoms with Crippen LogP contribution in [-0.2, 0) is 9.47 Å². The summed E-state index contributed by atoms with van der Waals surface area (Å²) in [5.41, 5.74) is 2.19. The van der Waals surface area contributed by atoms with Crippen LogP contribution in [0.15, 0.2) is 24.3 Å². The molecule has 5 heteroatoms. The minimum atomic E-state index is 0.166. The Morgan fingerprint density at radius 1 is 1.36 bits per heavy atom. The summed E-state index contributed by atoms with van der Waals surface area (Å²) in [6, 6.07) is 8.40. The van der Waals surface area contributed by atoms with E-state index in [2.05, 4.69) is 18.7 Å². The zero-order valence-electron chi connectivity index (χ0n) is 17.9. The molecule has 2 aliphatic rings. The number of carbonyl (C=O) groups excluding carboxylic acids is 1. The van der Waals surface area contributed by atoms with Crippen LogP contribution in [0, 0.1) is 12.3 Å². The predicted octanol–water partition coefficient (Wildman–Crippen LogP) is 3.36. The summed E-state index contributed by atoms with van der Waals surface area (Å²) in [5.74, 6) is 0.166. The van der Waals surface area contributed by atoms with Gasteiger partial charge in [-0.25, -0.2) is 0 Å². The van der Waals surface area contributed by atoms with Crippen LogP contribution < -0.4 is 0 Å². The fraction of sp³-hybridized carbons (Fsp3) is 0.696. The molecule has 5 nitrogen and oxygen atoms in total. The molecule has 3 rings (SSSR count). The molecular weight excluding hydrogens is 352 g/mol. The molecule has 2 saturated heterocycles. The van der Waals surface area contributed by atoms with E-state index < -0.39 is 0 Å². The fourth-order valence-electron chi connectivity index (χ4n) is 4.54. The number of likely N-dealkylation sites (tertiary alicyclic amines) is 1. The molecule has 0 N–H and O–H groups in total. The predicted molar refractivity (Wildman–Crippen MR) is 112 cm³/mol. The molecule has 2 aliphatic heterocycles. The highest BCUT2D eigenvalue weighted by Gasteiger charge is 2.43. The molecule has 0 aliphatic carbocycles. The van der Waals surface area contributed by atoms with Crippen molar-refractivity contribution in [2.24, 2.45) is 5.41 Å². The number of nitrogens with zero attached hydrogens (tertiary/aromatic N) is 2. The first-order valence-electron chi connectivity index (χ1n) is 10.6. The second-order valence-electron chi connectivity index (χ2n) is 8.88. The number of carbonyl (C=O) groups is 1. The van der Waals surface area contributed by atoms with Gasteiger partial charge in [0.15, 0.2) is 0 Å². The molecule has 1 amide bonds. The van der Waals surface area contributed by atoms with Crippen molar-refractivity contribution in [3.05, 3.63) is 35.4 Å². The highest BCUT2D eigenvalue weighted by molar-refractivity contribution is 5.94. The summed E-state index contributed by atoms with van der Waals surface area (Å²) in [7, 11) is 1.76. The maximum absolute atomic E-state index is 12.8. The van der Waals surface area contributed by atoms with Gasteiger partial charge in [-0.05, 0) is 57.6 Å². The van der Waals surface area contributed by atoms with Gasteiger partial charge in [0.25, 0.3) is 5.91 Å². The Kier molecular flexibility index (Phi) is 7.13. The molecule has 156 valence electrons. The Morgan fingerprint density at radius 3 is 2.75 bits per heavy atom. The maximum Gasteiger partial charge on any atom is 0.253 e. The number of ether oxygens (including phenoxy) is 2. The van der Waals surface area contributed by atoms with Crippen LogP contribution in [0.25, 0.3) is 0 Å². The molecule has 28 heavy (non-hydrogen) atoms. The number of rotatable bonds is 7. The van der Waals surface area contributed by atoms with E-state index in [4.69, 9.17) is 9.47 Å². The van der Waals surface area contributed by atoms with E-state index >= 15 is 0 Å². The van der Waals surface area contributed by atoms with Crippen LogP contribution >= 0.6 is 0 Å². The van der Waals surface area contributed by atoms with E-state index in [1.807, 2.05) is 36.1 Å². The minimum Gasteiger partial charge on any atom is -0.383 e. The molecule has 1 aromatic carbocycles. The molecule has 2 fully saturated rings. The summed E-state index contributed by atoms with van der Waals surface area (Å²) in [6.45, 7) is 11.7. The first-order chi connectivity index (χ1) is 13.4. The Hall–Kier alpha value is -1.43. The van der Waals surface area contributed by atoms with Crippen LogP contribution in [-0.4, -0.2) is 74.4 Å². The number of methoxy groups -OCH3 is 1. The number of hydrogen-bond acceptors (Lipinski definition) is 4. The van der Waals surface area contributed by atoms with Crippen molar-refractivity contribution >= 4 is 5.91 Å². The Morgan fingerprint density at radius 2 is 2.11 bits per heavy atom. The van der Waals surface area contributed by atoms with Crippen LogP contribution in [0.2, 0.25) is 0 Å². The van der Waals surface area contributed by atoms with E-state index in [1.54, 1.807) is 7.11 Å². The zero-order chi connectivity index (χ0) is 20.1. The molecule has 2 heterocycles. The third-order valence-corrected chi connectivity index (χ3v) is 6.41. The highest BCUT2D eigenvalue weighted by Crippen LogP contribution is 2.42. The molecule has 0 radical (unpaired) electrons. The van der Waals surface area contributed by atoms with E-state index in [9.17, 15) is 4.79 Å². The van der Waals surface area contributed by atoms with Gasteiger partial charge >= 0.3 is 0 Å². The number of aryl methyl sites for hydroxylation is 1. The fourth-order valence-corrected chi connectivity index (χ4v) is 4.54. The van der Waals surface area contributed by atoms with Crippen molar-refractivity contribution < 1.29 is 14.3 Å². The van der Waals surface area contributed by atoms with Gasteiger partial charge in [-0.3, -0.25) is 9.69 Å². The number of amides is 1. The lowest BCUT2D eigenvalue weighted by atomic mass is 9.76. The maximum atomic E-state index is 12.8. The highest BCUT2D eigenvalue weighted by atomic mass is 16.5. The molecular formula is C23H36N2O3.